The van der Waals surface area contributed by atoms with Crippen LogP contribution < -0.4 is 4.90 Å². The van der Waals surface area contributed by atoms with Gasteiger partial charge >= 0.3 is 6.09 Å². The second-order valence-corrected chi connectivity index (χ2v) is 4.45. The third-order valence-electron chi connectivity index (χ3n) is 2.09. The number of nitrogens with zero attached hydrogens (tertiary/aromatic N) is 2. The zero-order valence-electron chi connectivity index (χ0n) is 9.64. The lowest BCUT2D eigenvalue weighted by atomic mass is 10.1. The third-order valence-corrected chi connectivity index (χ3v) is 2.09. The van der Waals surface area contributed by atoms with Gasteiger partial charge in [-0.15, -0.1) is 0 Å². The molecule has 0 aliphatic rings. The highest BCUT2D eigenvalue weighted by molar-refractivity contribution is 5.87. The lowest BCUT2D eigenvalue weighted by molar-refractivity contribution is 0.195. The van der Waals surface area contributed by atoms with Crippen molar-refractivity contribution in [3.63, 3.8) is 0 Å². The van der Waals surface area contributed by atoms with Gasteiger partial charge in [0.15, 0.2) is 0 Å². The first-order valence-corrected chi connectivity index (χ1v) is 4.95. The van der Waals surface area contributed by atoms with Crippen molar-refractivity contribution in [1.82, 2.24) is 4.98 Å². The molecule has 88 valence electrons. The van der Waals surface area contributed by atoms with E-state index in [4.69, 9.17) is 10.2 Å². The van der Waals surface area contributed by atoms with Gasteiger partial charge in [-0.1, -0.05) is 0 Å². The van der Waals surface area contributed by atoms with E-state index < -0.39 is 11.6 Å². The van der Waals surface area contributed by atoms with E-state index in [1.807, 2.05) is 0 Å². The minimum Gasteiger partial charge on any atom is -0.465 e. The first-order chi connectivity index (χ1) is 7.36. The number of amides is 1. The standard InChI is InChI=1S/C11H16N2O3/c1-11(2,3)13(10(15)16)9-5-4-8(7-14)12-6-9/h4-6,14H,7H2,1-3H3,(H,15,16). The van der Waals surface area contributed by atoms with Gasteiger partial charge in [0.2, 0.25) is 0 Å². The van der Waals surface area contributed by atoms with Crippen molar-refractivity contribution in [2.75, 3.05) is 4.90 Å². The summed E-state index contributed by atoms with van der Waals surface area (Å²) in [5, 5.41) is 18.0. The van der Waals surface area contributed by atoms with Gasteiger partial charge in [0.1, 0.15) is 0 Å². The molecule has 1 rings (SSSR count). The van der Waals surface area contributed by atoms with Gasteiger partial charge in [0.25, 0.3) is 0 Å². The van der Waals surface area contributed by atoms with Crippen molar-refractivity contribution >= 4 is 11.8 Å². The van der Waals surface area contributed by atoms with Crippen LogP contribution in [0.15, 0.2) is 18.3 Å². The summed E-state index contributed by atoms with van der Waals surface area (Å²) >= 11 is 0. The number of anilines is 1. The van der Waals surface area contributed by atoms with E-state index >= 15 is 0 Å². The second-order valence-electron chi connectivity index (χ2n) is 4.45. The molecule has 0 aromatic carbocycles. The van der Waals surface area contributed by atoms with Crippen LogP contribution in [-0.2, 0) is 6.61 Å². The highest BCUT2D eigenvalue weighted by atomic mass is 16.4. The molecular formula is C11H16N2O3. The minimum atomic E-state index is -1.02. The van der Waals surface area contributed by atoms with Crippen LogP contribution in [0.3, 0.4) is 0 Å². The Morgan fingerprint density at radius 1 is 1.44 bits per heavy atom. The van der Waals surface area contributed by atoms with Crippen LogP contribution in [0.2, 0.25) is 0 Å². The molecule has 1 aromatic heterocycles. The number of aromatic nitrogens is 1. The Balaban J connectivity index is 3.07. The van der Waals surface area contributed by atoms with Gasteiger partial charge in [-0.3, -0.25) is 9.88 Å². The number of aliphatic hydroxyl groups excluding tert-OH is 1. The highest BCUT2D eigenvalue weighted by Crippen LogP contribution is 2.23. The average molecular weight is 224 g/mol. The van der Waals surface area contributed by atoms with Crippen molar-refractivity contribution in [2.45, 2.75) is 32.9 Å². The molecule has 0 saturated heterocycles. The number of hydrogen-bond donors (Lipinski definition) is 2. The number of pyridine rings is 1. The third kappa shape index (κ3) is 2.70. The molecule has 0 saturated carbocycles. The molecule has 0 atom stereocenters. The Morgan fingerprint density at radius 3 is 2.38 bits per heavy atom. The van der Waals surface area contributed by atoms with Gasteiger partial charge in [0.05, 0.1) is 24.2 Å². The van der Waals surface area contributed by atoms with Crippen LogP contribution in [0.1, 0.15) is 26.5 Å². The van der Waals surface area contributed by atoms with Crippen LogP contribution in [0.25, 0.3) is 0 Å². The van der Waals surface area contributed by atoms with Crippen molar-refractivity contribution < 1.29 is 15.0 Å². The Hall–Kier alpha value is -1.62. The molecule has 5 nitrogen and oxygen atoms in total. The number of rotatable bonds is 2. The van der Waals surface area contributed by atoms with E-state index in [-0.39, 0.29) is 6.61 Å². The summed E-state index contributed by atoms with van der Waals surface area (Å²) in [4.78, 5) is 16.3. The smallest absolute Gasteiger partial charge is 0.412 e. The quantitative estimate of drug-likeness (QED) is 0.804. The number of aliphatic hydroxyl groups is 1. The van der Waals surface area contributed by atoms with E-state index in [1.54, 1.807) is 32.9 Å². The molecule has 0 spiro atoms. The van der Waals surface area contributed by atoms with Crippen molar-refractivity contribution in [3.05, 3.63) is 24.0 Å². The van der Waals surface area contributed by atoms with E-state index in [2.05, 4.69) is 4.98 Å². The van der Waals surface area contributed by atoms with Gasteiger partial charge in [0, 0.05) is 5.54 Å². The van der Waals surface area contributed by atoms with Crippen LogP contribution >= 0.6 is 0 Å². The van der Waals surface area contributed by atoms with Crippen LogP contribution in [0, 0.1) is 0 Å². The van der Waals surface area contributed by atoms with Crippen LogP contribution in [0.4, 0.5) is 10.5 Å². The predicted molar refractivity (Wildman–Crippen MR) is 60.4 cm³/mol. The molecule has 16 heavy (non-hydrogen) atoms. The number of carbonyl (C=O) groups is 1. The Labute approximate surface area is 94.4 Å². The maximum Gasteiger partial charge on any atom is 0.412 e. The Morgan fingerprint density at radius 2 is 2.06 bits per heavy atom. The first-order valence-electron chi connectivity index (χ1n) is 4.95. The normalized spacial score (nSPS) is 11.2. The summed E-state index contributed by atoms with van der Waals surface area (Å²) in [6.07, 6.45) is 0.427. The summed E-state index contributed by atoms with van der Waals surface area (Å²) in [6, 6.07) is 3.24. The fourth-order valence-corrected chi connectivity index (χ4v) is 1.43. The van der Waals surface area contributed by atoms with E-state index in [0.29, 0.717) is 11.4 Å². The summed E-state index contributed by atoms with van der Waals surface area (Å²) in [5.74, 6) is 0. The molecular weight excluding hydrogens is 208 g/mol. The molecule has 0 aliphatic heterocycles. The van der Waals surface area contributed by atoms with Gasteiger partial charge in [-0.2, -0.15) is 0 Å². The van der Waals surface area contributed by atoms with E-state index in [9.17, 15) is 4.79 Å². The molecule has 1 aromatic rings. The maximum atomic E-state index is 11.1. The first kappa shape index (κ1) is 12.4. The lowest BCUT2D eigenvalue weighted by Gasteiger charge is -2.32. The highest BCUT2D eigenvalue weighted by Gasteiger charge is 2.27. The zero-order chi connectivity index (χ0) is 12.3. The van der Waals surface area contributed by atoms with Crippen molar-refractivity contribution in [3.8, 4) is 0 Å². The minimum absolute atomic E-state index is 0.150. The Kier molecular flexibility index (Phi) is 3.49. The van der Waals surface area contributed by atoms with Crippen molar-refractivity contribution in [2.24, 2.45) is 0 Å². The van der Waals surface area contributed by atoms with Gasteiger partial charge in [-0.25, -0.2) is 4.79 Å². The van der Waals surface area contributed by atoms with E-state index in [0.717, 1.165) is 0 Å². The predicted octanol–water partition coefficient (Wildman–Crippen LogP) is 1.86. The van der Waals surface area contributed by atoms with Crippen LogP contribution in [-0.4, -0.2) is 26.8 Å². The van der Waals surface area contributed by atoms with E-state index in [1.165, 1.54) is 11.1 Å². The maximum absolute atomic E-state index is 11.1. The Bertz CT molecular complexity index is 368. The molecule has 0 bridgehead atoms. The molecule has 2 N–H and O–H groups in total. The van der Waals surface area contributed by atoms with Crippen molar-refractivity contribution in [1.29, 1.82) is 0 Å². The van der Waals surface area contributed by atoms with Gasteiger partial charge in [-0.05, 0) is 32.9 Å². The molecule has 0 radical (unpaired) electrons. The van der Waals surface area contributed by atoms with Crippen LogP contribution in [0.5, 0.6) is 0 Å². The molecule has 1 heterocycles. The molecule has 0 fully saturated rings. The second kappa shape index (κ2) is 4.49. The average Bonchev–Trinajstić information content (AvgIpc) is 2.16. The number of carboxylic acid groups (broad SMARTS) is 1. The number of hydrogen-bond acceptors (Lipinski definition) is 3. The monoisotopic (exact) mass is 224 g/mol. The summed E-state index contributed by atoms with van der Waals surface area (Å²) < 4.78 is 0. The fraction of sp³-hybridized carbons (Fsp3) is 0.455. The largest absolute Gasteiger partial charge is 0.465 e. The zero-order valence-corrected chi connectivity index (χ0v) is 9.64. The fourth-order valence-electron chi connectivity index (χ4n) is 1.43. The molecule has 1 amide bonds. The summed E-state index contributed by atoms with van der Waals surface area (Å²) in [6.45, 7) is 5.27. The topological polar surface area (TPSA) is 73.7 Å². The summed E-state index contributed by atoms with van der Waals surface area (Å²) in [7, 11) is 0. The molecule has 0 aliphatic carbocycles. The van der Waals surface area contributed by atoms with Gasteiger partial charge < -0.3 is 10.2 Å². The molecule has 0 unspecified atom stereocenters. The molecule has 5 heteroatoms. The SMILES string of the molecule is CC(C)(C)N(C(=O)O)c1ccc(CO)nc1. The summed E-state index contributed by atoms with van der Waals surface area (Å²) in [5.41, 5.74) is 0.481. The lowest BCUT2D eigenvalue weighted by Crippen LogP contribution is -2.45.